The predicted molar refractivity (Wildman–Crippen MR) is 54.7 cm³/mol. The second kappa shape index (κ2) is 5.14. The zero-order valence-corrected chi connectivity index (χ0v) is 8.66. The molecule has 0 atom stereocenters. The van der Waals surface area contributed by atoms with Gasteiger partial charge in [0, 0.05) is 18.8 Å². The fourth-order valence-electron chi connectivity index (χ4n) is 1.04. The SMILES string of the molecule is CCOC(=O)Cc1cnc(NC)[nH]c1=O. The van der Waals surface area contributed by atoms with Crippen LogP contribution in [0.4, 0.5) is 5.95 Å². The van der Waals surface area contributed by atoms with Crippen molar-refractivity contribution >= 4 is 11.9 Å². The highest BCUT2D eigenvalue weighted by Gasteiger charge is 2.08. The van der Waals surface area contributed by atoms with Crippen molar-refractivity contribution in [2.45, 2.75) is 13.3 Å². The minimum Gasteiger partial charge on any atom is -0.466 e. The van der Waals surface area contributed by atoms with Gasteiger partial charge in [-0.2, -0.15) is 0 Å². The Labute approximate surface area is 86.7 Å². The lowest BCUT2D eigenvalue weighted by molar-refractivity contribution is -0.142. The Morgan fingerprint density at radius 3 is 2.93 bits per heavy atom. The summed E-state index contributed by atoms with van der Waals surface area (Å²) < 4.78 is 4.72. The van der Waals surface area contributed by atoms with Crippen LogP contribution < -0.4 is 10.9 Å². The van der Waals surface area contributed by atoms with Crippen LogP contribution in [0.1, 0.15) is 12.5 Å². The van der Waals surface area contributed by atoms with Crippen LogP contribution in [0.15, 0.2) is 11.0 Å². The first-order chi connectivity index (χ1) is 7.17. The summed E-state index contributed by atoms with van der Waals surface area (Å²) in [4.78, 5) is 28.9. The van der Waals surface area contributed by atoms with E-state index >= 15 is 0 Å². The molecule has 0 aliphatic carbocycles. The second-order valence-electron chi connectivity index (χ2n) is 2.82. The van der Waals surface area contributed by atoms with Crippen molar-refractivity contribution in [3.8, 4) is 0 Å². The number of hydrogen-bond donors (Lipinski definition) is 2. The number of rotatable bonds is 4. The average molecular weight is 211 g/mol. The van der Waals surface area contributed by atoms with Crippen LogP contribution in [0.2, 0.25) is 0 Å². The standard InChI is InChI=1S/C9H13N3O3/c1-3-15-7(13)4-6-5-11-9(10-2)12-8(6)14/h5H,3-4H2,1-2H3,(H2,10,11,12,14). The third kappa shape index (κ3) is 3.08. The van der Waals surface area contributed by atoms with Crippen LogP contribution in [-0.2, 0) is 16.0 Å². The van der Waals surface area contributed by atoms with Gasteiger partial charge in [0.1, 0.15) is 0 Å². The molecule has 6 nitrogen and oxygen atoms in total. The lowest BCUT2D eigenvalue weighted by atomic mass is 10.2. The van der Waals surface area contributed by atoms with Gasteiger partial charge in [0.15, 0.2) is 0 Å². The number of aromatic amines is 1. The molecule has 1 aromatic heterocycles. The van der Waals surface area contributed by atoms with Crippen molar-refractivity contribution in [1.29, 1.82) is 0 Å². The fourth-order valence-corrected chi connectivity index (χ4v) is 1.04. The fraction of sp³-hybridized carbons (Fsp3) is 0.444. The number of esters is 1. The molecule has 0 aliphatic heterocycles. The average Bonchev–Trinajstić information content (AvgIpc) is 2.21. The highest BCUT2D eigenvalue weighted by molar-refractivity contribution is 5.72. The molecule has 0 saturated heterocycles. The lowest BCUT2D eigenvalue weighted by Gasteiger charge is -2.02. The van der Waals surface area contributed by atoms with Crippen molar-refractivity contribution in [3.05, 3.63) is 22.1 Å². The maximum absolute atomic E-state index is 11.4. The van der Waals surface area contributed by atoms with Crippen LogP contribution in [-0.4, -0.2) is 29.6 Å². The van der Waals surface area contributed by atoms with Gasteiger partial charge < -0.3 is 10.1 Å². The molecule has 0 aromatic carbocycles. The molecule has 0 aliphatic rings. The molecule has 0 bridgehead atoms. The van der Waals surface area contributed by atoms with E-state index < -0.39 is 5.97 Å². The molecular formula is C9H13N3O3. The molecule has 0 spiro atoms. The summed E-state index contributed by atoms with van der Waals surface area (Å²) in [5, 5.41) is 2.69. The van der Waals surface area contributed by atoms with E-state index in [9.17, 15) is 9.59 Å². The van der Waals surface area contributed by atoms with E-state index in [4.69, 9.17) is 4.74 Å². The zero-order valence-electron chi connectivity index (χ0n) is 8.66. The van der Waals surface area contributed by atoms with Gasteiger partial charge in [0.05, 0.1) is 13.0 Å². The number of nitrogens with zero attached hydrogens (tertiary/aromatic N) is 1. The Morgan fingerprint density at radius 1 is 1.67 bits per heavy atom. The molecule has 0 amide bonds. The first-order valence-corrected chi connectivity index (χ1v) is 4.59. The molecule has 0 radical (unpaired) electrons. The minimum absolute atomic E-state index is 0.0554. The molecular weight excluding hydrogens is 198 g/mol. The molecule has 0 unspecified atom stereocenters. The van der Waals surface area contributed by atoms with Crippen molar-refractivity contribution in [2.24, 2.45) is 0 Å². The molecule has 0 saturated carbocycles. The predicted octanol–water partition coefficient (Wildman–Crippen LogP) is -0.0828. The number of ether oxygens (including phenoxy) is 1. The second-order valence-corrected chi connectivity index (χ2v) is 2.82. The Hall–Kier alpha value is -1.85. The van der Waals surface area contributed by atoms with E-state index in [0.29, 0.717) is 18.1 Å². The van der Waals surface area contributed by atoms with Crippen LogP contribution in [0, 0.1) is 0 Å². The number of hydrogen-bond acceptors (Lipinski definition) is 5. The van der Waals surface area contributed by atoms with E-state index in [0.717, 1.165) is 0 Å². The Bertz CT molecular complexity index is 400. The van der Waals surface area contributed by atoms with Gasteiger partial charge in [-0.05, 0) is 6.92 Å². The maximum Gasteiger partial charge on any atom is 0.310 e. The molecule has 82 valence electrons. The summed E-state index contributed by atoms with van der Waals surface area (Å²) >= 11 is 0. The van der Waals surface area contributed by atoms with Crippen molar-refractivity contribution in [2.75, 3.05) is 19.0 Å². The van der Waals surface area contributed by atoms with E-state index in [1.54, 1.807) is 14.0 Å². The lowest BCUT2D eigenvalue weighted by Crippen LogP contribution is -2.19. The smallest absolute Gasteiger partial charge is 0.310 e. The van der Waals surface area contributed by atoms with Gasteiger partial charge in [0.25, 0.3) is 5.56 Å². The van der Waals surface area contributed by atoms with Crippen LogP contribution in [0.5, 0.6) is 0 Å². The molecule has 1 aromatic rings. The first-order valence-electron chi connectivity index (χ1n) is 4.59. The van der Waals surface area contributed by atoms with Gasteiger partial charge >= 0.3 is 5.97 Å². The topological polar surface area (TPSA) is 84.1 Å². The molecule has 1 rings (SSSR count). The Morgan fingerprint density at radius 2 is 2.40 bits per heavy atom. The highest BCUT2D eigenvalue weighted by atomic mass is 16.5. The number of carbonyl (C=O) groups excluding carboxylic acids is 1. The Balaban J connectivity index is 2.78. The highest BCUT2D eigenvalue weighted by Crippen LogP contribution is 1.96. The molecule has 1 heterocycles. The van der Waals surface area contributed by atoms with Crippen molar-refractivity contribution < 1.29 is 9.53 Å². The summed E-state index contributed by atoms with van der Waals surface area (Å²) in [6.07, 6.45) is 1.31. The molecule has 15 heavy (non-hydrogen) atoms. The number of nitrogens with one attached hydrogen (secondary N) is 2. The summed E-state index contributed by atoms with van der Waals surface area (Å²) in [6, 6.07) is 0. The van der Waals surface area contributed by atoms with Gasteiger partial charge in [0.2, 0.25) is 5.95 Å². The summed E-state index contributed by atoms with van der Waals surface area (Å²) in [5.41, 5.74) is -0.0325. The largest absolute Gasteiger partial charge is 0.466 e. The quantitative estimate of drug-likeness (QED) is 0.680. The van der Waals surface area contributed by atoms with Crippen molar-refractivity contribution in [3.63, 3.8) is 0 Å². The molecule has 6 heteroatoms. The van der Waals surface area contributed by atoms with E-state index in [-0.39, 0.29) is 12.0 Å². The van der Waals surface area contributed by atoms with Crippen LogP contribution >= 0.6 is 0 Å². The maximum atomic E-state index is 11.4. The molecule has 0 fully saturated rings. The third-order valence-corrected chi connectivity index (χ3v) is 1.75. The van der Waals surface area contributed by atoms with Crippen molar-refractivity contribution in [1.82, 2.24) is 9.97 Å². The van der Waals surface area contributed by atoms with Crippen LogP contribution in [0.25, 0.3) is 0 Å². The Kier molecular flexibility index (Phi) is 3.84. The first kappa shape index (κ1) is 11.2. The minimum atomic E-state index is -0.429. The van der Waals surface area contributed by atoms with Gasteiger partial charge in [-0.15, -0.1) is 0 Å². The van der Waals surface area contributed by atoms with E-state index in [1.807, 2.05) is 0 Å². The summed E-state index contributed by atoms with van der Waals surface area (Å²) in [5.74, 6) is -0.0605. The zero-order chi connectivity index (χ0) is 11.3. The number of carbonyl (C=O) groups is 1. The van der Waals surface area contributed by atoms with Crippen LogP contribution in [0.3, 0.4) is 0 Å². The van der Waals surface area contributed by atoms with E-state index in [1.165, 1.54) is 6.20 Å². The van der Waals surface area contributed by atoms with E-state index in [2.05, 4.69) is 15.3 Å². The normalized spacial score (nSPS) is 9.73. The number of H-pyrrole nitrogens is 1. The van der Waals surface area contributed by atoms with Gasteiger partial charge in [-0.1, -0.05) is 0 Å². The number of anilines is 1. The summed E-state index contributed by atoms with van der Waals surface area (Å²) in [7, 11) is 1.64. The monoisotopic (exact) mass is 211 g/mol. The van der Waals surface area contributed by atoms with Gasteiger partial charge in [-0.3, -0.25) is 14.6 Å². The summed E-state index contributed by atoms with van der Waals surface area (Å²) in [6.45, 7) is 2.02. The third-order valence-electron chi connectivity index (χ3n) is 1.75. The van der Waals surface area contributed by atoms with Gasteiger partial charge in [-0.25, -0.2) is 4.98 Å². The number of aromatic nitrogens is 2. The molecule has 2 N–H and O–H groups in total.